The maximum atomic E-state index is 12.3. The van der Waals surface area contributed by atoms with Crippen molar-refractivity contribution >= 4 is 11.6 Å². The van der Waals surface area contributed by atoms with Gasteiger partial charge in [-0.05, 0) is 26.3 Å². The molecule has 0 saturated carbocycles. The summed E-state index contributed by atoms with van der Waals surface area (Å²) >= 11 is 0. The van der Waals surface area contributed by atoms with Crippen molar-refractivity contribution in [1.29, 1.82) is 0 Å². The third kappa shape index (κ3) is 4.01. The second kappa shape index (κ2) is 7.14. The van der Waals surface area contributed by atoms with Crippen molar-refractivity contribution in [2.45, 2.75) is 33.4 Å². The minimum absolute atomic E-state index is 0.0295. The Balaban J connectivity index is 1.52. The van der Waals surface area contributed by atoms with Crippen LogP contribution < -0.4 is 5.32 Å². The topological polar surface area (TPSA) is 88.1 Å². The zero-order valence-electron chi connectivity index (χ0n) is 14.4. The largest absolute Gasteiger partial charge is 0.374 e. The van der Waals surface area contributed by atoms with E-state index in [9.17, 15) is 4.79 Å². The first-order valence-corrected chi connectivity index (χ1v) is 8.15. The molecular formula is C16H24N6O2. The molecule has 1 saturated heterocycles. The Hall–Kier alpha value is -2.19. The molecule has 1 aliphatic rings. The van der Waals surface area contributed by atoms with E-state index >= 15 is 0 Å². The third-order valence-corrected chi connectivity index (χ3v) is 4.14. The van der Waals surface area contributed by atoms with E-state index in [1.807, 2.05) is 37.8 Å². The molecule has 2 aromatic rings. The van der Waals surface area contributed by atoms with E-state index in [4.69, 9.17) is 4.74 Å². The van der Waals surface area contributed by atoms with Gasteiger partial charge in [-0.2, -0.15) is 10.2 Å². The van der Waals surface area contributed by atoms with Crippen molar-refractivity contribution in [1.82, 2.24) is 24.9 Å². The van der Waals surface area contributed by atoms with Crippen molar-refractivity contribution in [2.24, 2.45) is 0 Å². The van der Waals surface area contributed by atoms with E-state index in [1.165, 1.54) is 0 Å². The van der Waals surface area contributed by atoms with Crippen LogP contribution in [0, 0.1) is 20.8 Å². The van der Waals surface area contributed by atoms with Gasteiger partial charge < -0.3 is 10.1 Å². The van der Waals surface area contributed by atoms with Crippen molar-refractivity contribution in [3.63, 3.8) is 0 Å². The number of amides is 1. The fourth-order valence-electron chi connectivity index (χ4n) is 2.93. The van der Waals surface area contributed by atoms with Crippen LogP contribution in [-0.4, -0.2) is 63.1 Å². The van der Waals surface area contributed by atoms with Gasteiger partial charge in [0.15, 0.2) is 0 Å². The summed E-state index contributed by atoms with van der Waals surface area (Å²) in [6, 6.07) is 0. The fourth-order valence-corrected chi connectivity index (χ4v) is 2.93. The van der Waals surface area contributed by atoms with E-state index in [0.717, 1.165) is 35.7 Å². The summed E-state index contributed by atoms with van der Waals surface area (Å²) < 4.78 is 7.69. The highest BCUT2D eigenvalue weighted by Crippen LogP contribution is 2.16. The number of hydrogen-bond donors (Lipinski definition) is 2. The number of ether oxygens (including phenoxy) is 1. The first kappa shape index (κ1) is 16.7. The van der Waals surface area contributed by atoms with E-state index in [2.05, 4.69) is 25.5 Å². The number of carbonyl (C=O) groups is 1. The molecule has 2 N–H and O–H groups in total. The van der Waals surface area contributed by atoms with Crippen molar-refractivity contribution in [3.05, 3.63) is 29.3 Å². The zero-order valence-corrected chi connectivity index (χ0v) is 14.4. The molecule has 0 bridgehead atoms. The number of aromatic nitrogens is 4. The summed E-state index contributed by atoms with van der Waals surface area (Å²) in [5, 5.41) is 14.2. The molecule has 0 unspecified atom stereocenters. The van der Waals surface area contributed by atoms with Crippen molar-refractivity contribution in [2.75, 3.05) is 31.6 Å². The summed E-state index contributed by atoms with van der Waals surface area (Å²) in [5.41, 5.74) is 3.58. The number of H-pyrrole nitrogens is 1. The molecule has 130 valence electrons. The van der Waals surface area contributed by atoms with Crippen LogP contribution in [0.25, 0.3) is 0 Å². The Morgan fingerprint density at radius 1 is 1.46 bits per heavy atom. The first-order valence-electron chi connectivity index (χ1n) is 8.15. The predicted octanol–water partition coefficient (Wildman–Crippen LogP) is 0.871. The Kier molecular flexibility index (Phi) is 4.96. The minimum atomic E-state index is -0.0295. The first-order chi connectivity index (χ1) is 11.5. The van der Waals surface area contributed by atoms with Crippen LogP contribution in [-0.2, 0) is 16.1 Å². The average Bonchev–Trinajstić information content (AvgIpc) is 3.08. The summed E-state index contributed by atoms with van der Waals surface area (Å²) in [6.07, 6.45) is 3.88. The molecule has 3 rings (SSSR count). The van der Waals surface area contributed by atoms with Crippen LogP contribution >= 0.6 is 0 Å². The number of anilines is 1. The molecular weight excluding hydrogens is 308 g/mol. The SMILES string of the molecule is Cc1cnn(C[C@@H]2CN(CC(=O)Nc3c(C)n[nH]c3C)CCO2)c1. The fraction of sp³-hybridized carbons (Fsp3) is 0.562. The quantitative estimate of drug-likeness (QED) is 0.848. The van der Waals surface area contributed by atoms with Gasteiger partial charge in [-0.15, -0.1) is 0 Å². The maximum absolute atomic E-state index is 12.3. The molecule has 1 atom stereocenters. The molecule has 1 aliphatic heterocycles. The lowest BCUT2D eigenvalue weighted by molar-refractivity contribution is -0.119. The molecule has 8 heteroatoms. The number of morpholine rings is 1. The smallest absolute Gasteiger partial charge is 0.238 e. The lowest BCUT2D eigenvalue weighted by Gasteiger charge is -2.32. The molecule has 8 nitrogen and oxygen atoms in total. The highest BCUT2D eigenvalue weighted by Gasteiger charge is 2.23. The predicted molar refractivity (Wildman–Crippen MR) is 89.8 cm³/mol. The van der Waals surface area contributed by atoms with Crippen LogP contribution in [0.5, 0.6) is 0 Å². The van der Waals surface area contributed by atoms with Crippen LogP contribution in [0.2, 0.25) is 0 Å². The van der Waals surface area contributed by atoms with Gasteiger partial charge in [-0.25, -0.2) is 0 Å². The molecule has 2 aromatic heterocycles. The van der Waals surface area contributed by atoms with Gasteiger partial charge in [0.1, 0.15) is 0 Å². The molecule has 3 heterocycles. The zero-order chi connectivity index (χ0) is 17.1. The minimum Gasteiger partial charge on any atom is -0.374 e. The number of aryl methyl sites for hydroxylation is 3. The number of aromatic amines is 1. The number of rotatable bonds is 5. The molecule has 1 fully saturated rings. The number of carbonyl (C=O) groups excluding carboxylic acids is 1. The van der Waals surface area contributed by atoms with Gasteiger partial charge >= 0.3 is 0 Å². The average molecular weight is 332 g/mol. The van der Waals surface area contributed by atoms with E-state index in [-0.39, 0.29) is 12.0 Å². The molecule has 1 amide bonds. The van der Waals surface area contributed by atoms with E-state index < -0.39 is 0 Å². The lowest BCUT2D eigenvalue weighted by Crippen LogP contribution is -2.47. The molecule has 0 spiro atoms. The van der Waals surface area contributed by atoms with Crippen LogP contribution in [0.15, 0.2) is 12.4 Å². The Bertz CT molecular complexity index is 688. The summed E-state index contributed by atoms with van der Waals surface area (Å²) in [4.78, 5) is 14.4. The highest BCUT2D eigenvalue weighted by molar-refractivity contribution is 5.93. The van der Waals surface area contributed by atoms with E-state index in [0.29, 0.717) is 19.7 Å². The van der Waals surface area contributed by atoms with Crippen LogP contribution in [0.4, 0.5) is 5.69 Å². The second-order valence-corrected chi connectivity index (χ2v) is 6.32. The normalized spacial score (nSPS) is 18.7. The van der Waals surface area contributed by atoms with Crippen molar-refractivity contribution in [3.8, 4) is 0 Å². The molecule has 0 radical (unpaired) electrons. The van der Waals surface area contributed by atoms with E-state index in [1.54, 1.807) is 0 Å². The van der Waals surface area contributed by atoms with Crippen LogP contribution in [0.3, 0.4) is 0 Å². The maximum Gasteiger partial charge on any atom is 0.238 e. The number of nitrogens with one attached hydrogen (secondary N) is 2. The Morgan fingerprint density at radius 3 is 2.96 bits per heavy atom. The summed E-state index contributed by atoms with van der Waals surface area (Å²) in [5.74, 6) is -0.0295. The van der Waals surface area contributed by atoms with Crippen molar-refractivity contribution < 1.29 is 9.53 Å². The highest BCUT2D eigenvalue weighted by atomic mass is 16.5. The summed E-state index contributed by atoms with van der Waals surface area (Å²) in [6.45, 7) is 8.93. The Morgan fingerprint density at radius 2 is 2.29 bits per heavy atom. The van der Waals surface area contributed by atoms with Gasteiger partial charge in [-0.1, -0.05) is 0 Å². The van der Waals surface area contributed by atoms with Gasteiger partial charge in [0.05, 0.1) is 49.1 Å². The second-order valence-electron chi connectivity index (χ2n) is 6.32. The van der Waals surface area contributed by atoms with Gasteiger partial charge in [-0.3, -0.25) is 19.5 Å². The number of nitrogens with zero attached hydrogens (tertiary/aromatic N) is 4. The molecule has 0 aliphatic carbocycles. The number of hydrogen-bond acceptors (Lipinski definition) is 5. The van der Waals surface area contributed by atoms with Gasteiger partial charge in [0, 0.05) is 19.3 Å². The summed E-state index contributed by atoms with van der Waals surface area (Å²) in [7, 11) is 0. The van der Waals surface area contributed by atoms with Crippen LogP contribution in [0.1, 0.15) is 17.0 Å². The lowest BCUT2D eigenvalue weighted by atomic mass is 10.2. The third-order valence-electron chi connectivity index (χ3n) is 4.14. The molecule has 24 heavy (non-hydrogen) atoms. The standard InChI is InChI=1S/C16H24N6O2/c1-11-6-17-22(7-11)9-14-8-21(4-5-24-14)10-15(23)18-16-12(2)19-20-13(16)3/h6-7,14H,4-5,8-10H2,1-3H3,(H,18,23)(H,19,20)/t14-/m0/s1. The monoisotopic (exact) mass is 332 g/mol. The van der Waals surface area contributed by atoms with Gasteiger partial charge in [0.25, 0.3) is 0 Å². The van der Waals surface area contributed by atoms with Gasteiger partial charge in [0.2, 0.25) is 5.91 Å². The Labute approximate surface area is 141 Å². The molecule has 0 aromatic carbocycles.